The lowest BCUT2D eigenvalue weighted by Crippen LogP contribution is -2.45. The summed E-state index contributed by atoms with van der Waals surface area (Å²) in [6.45, 7) is 2.42. The van der Waals surface area contributed by atoms with Gasteiger partial charge in [-0.25, -0.2) is 10.4 Å². The number of carbonyl (C=O) groups excluding carboxylic acids is 1. The average molecular weight is 446 g/mol. The Labute approximate surface area is 182 Å². The van der Waals surface area contributed by atoms with Crippen molar-refractivity contribution in [2.75, 3.05) is 12.9 Å². The molecule has 1 amide bonds. The summed E-state index contributed by atoms with van der Waals surface area (Å²) in [5.74, 6) is 0.828. The predicted molar refractivity (Wildman–Crippen MR) is 119 cm³/mol. The number of amides is 1. The van der Waals surface area contributed by atoms with Crippen LogP contribution in [0.5, 0.6) is 5.75 Å². The first-order valence-corrected chi connectivity index (χ1v) is 11.4. The molecular weight excluding hydrogens is 422 g/mol. The van der Waals surface area contributed by atoms with Crippen LogP contribution in [0.2, 0.25) is 0 Å². The Kier molecular flexibility index (Phi) is 6.38. The molecular formula is C20H23N5O3S2. The van der Waals surface area contributed by atoms with Gasteiger partial charge >= 0.3 is 0 Å². The van der Waals surface area contributed by atoms with Crippen molar-refractivity contribution >= 4 is 39.2 Å². The molecule has 1 aromatic carbocycles. The van der Waals surface area contributed by atoms with Gasteiger partial charge in [-0.3, -0.25) is 19.6 Å². The Bertz CT molecular complexity index is 1100. The number of hydrazine groups is 1. The van der Waals surface area contributed by atoms with Crippen molar-refractivity contribution in [3.8, 4) is 5.75 Å². The van der Waals surface area contributed by atoms with Gasteiger partial charge in [0, 0.05) is 6.04 Å². The lowest BCUT2D eigenvalue weighted by Gasteiger charge is -2.14. The zero-order chi connectivity index (χ0) is 21.1. The molecule has 1 fully saturated rings. The molecule has 2 aromatic heterocycles. The van der Waals surface area contributed by atoms with Crippen molar-refractivity contribution in [3.05, 3.63) is 51.6 Å². The van der Waals surface area contributed by atoms with Crippen LogP contribution in [0, 0.1) is 0 Å². The highest BCUT2D eigenvalue weighted by molar-refractivity contribution is 7.99. The zero-order valence-corrected chi connectivity index (χ0v) is 18.3. The minimum absolute atomic E-state index is 0.0933. The second-order valence-electron chi connectivity index (χ2n) is 7.10. The number of methoxy groups -OCH3 is 1. The average Bonchev–Trinajstić information content (AvgIpc) is 3.38. The molecule has 158 valence electrons. The van der Waals surface area contributed by atoms with E-state index in [1.807, 2.05) is 42.6 Å². The molecule has 0 spiro atoms. The minimum atomic E-state index is -0.107. The van der Waals surface area contributed by atoms with Crippen LogP contribution in [0.1, 0.15) is 18.9 Å². The number of nitrogens with one attached hydrogen (secondary N) is 3. The Hall–Kier alpha value is -2.40. The standard InChI is InChI=1S/C20H23N5O3S2/c1-12-9-16(24-23-12)22-17(26)11-30-20-21-15-7-8-29-18(15)19(27)25(20)10-13-3-5-14(28-2)6-4-13/h3-8,12,16,23-24H,9-11H2,1-2H3,(H,22,26). The highest BCUT2D eigenvalue weighted by atomic mass is 32.2. The maximum absolute atomic E-state index is 13.1. The van der Waals surface area contributed by atoms with Crippen LogP contribution in [0.15, 0.2) is 45.7 Å². The summed E-state index contributed by atoms with van der Waals surface area (Å²) in [6.07, 6.45) is 0.722. The largest absolute Gasteiger partial charge is 0.497 e. The van der Waals surface area contributed by atoms with Gasteiger partial charge in [0.25, 0.3) is 5.56 Å². The zero-order valence-electron chi connectivity index (χ0n) is 16.7. The smallest absolute Gasteiger partial charge is 0.272 e. The summed E-state index contributed by atoms with van der Waals surface area (Å²) in [6, 6.07) is 9.71. The van der Waals surface area contributed by atoms with E-state index in [4.69, 9.17) is 4.74 Å². The Balaban J connectivity index is 1.54. The third kappa shape index (κ3) is 4.67. The molecule has 1 saturated heterocycles. The first kappa shape index (κ1) is 20.9. The molecule has 3 heterocycles. The summed E-state index contributed by atoms with van der Waals surface area (Å²) in [4.78, 5) is 30.1. The third-order valence-electron chi connectivity index (χ3n) is 4.79. The summed E-state index contributed by atoms with van der Waals surface area (Å²) in [5.41, 5.74) is 7.65. The first-order valence-electron chi connectivity index (χ1n) is 9.57. The summed E-state index contributed by atoms with van der Waals surface area (Å²) in [7, 11) is 1.62. The van der Waals surface area contributed by atoms with Crippen LogP contribution in [0.3, 0.4) is 0 Å². The van der Waals surface area contributed by atoms with E-state index in [1.54, 1.807) is 11.7 Å². The fourth-order valence-electron chi connectivity index (χ4n) is 3.26. The number of thiophene rings is 1. The lowest BCUT2D eigenvalue weighted by atomic mass is 10.2. The van der Waals surface area contributed by atoms with Crippen molar-refractivity contribution < 1.29 is 9.53 Å². The van der Waals surface area contributed by atoms with Gasteiger partial charge in [0.15, 0.2) is 5.16 Å². The number of carbonyl (C=O) groups is 1. The van der Waals surface area contributed by atoms with E-state index in [1.165, 1.54) is 23.1 Å². The van der Waals surface area contributed by atoms with E-state index in [2.05, 4.69) is 21.2 Å². The summed E-state index contributed by atoms with van der Waals surface area (Å²) in [5, 5.41) is 5.34. The topological polar surface area (TPSA) is 97.3 Å². The summed E-state index contributed by atoms with van der Waals surface area (Å²) < 4.78 is 7.46. The quantitative estimate of drug-likeness (QED) is 0.378. The van der Waals surface area contributed by atoms with E-state index >= 15 is 0 Å². The van der Waals surface area contributed by atoms with Crippen molar-refractivity contribution in [2.45, 2.75) is 37.3 Å². The summed E-state index contributed by atoms with van der Waals surface area (Å²) >= 11 is 2.65. The molecule has 0 aliphatic carbocycles. The highest BCUT2D eigenvalue weighted by Gasteiger charge is 2.22. The first-order chi connectivity index (χ1) is 14.5. The SMILES string of the molecule is COc1ccc(Cn2c(SCC(=O)NC3CC(C)NN3)nc3ccsc3c2=O)cc1. The van der Waals surface area contributed by atoms with Gasteiger partial charge in [-0.2, -0.15) is 0 Å². The van der Waals surface area contributed by atoms with Gasteiger partial charge in [-0.15, -0.1) is 11.3 Å². The fraction of sp³-hybridized carbons (Fsp3) is 0.350. The molecule has 1 aliphatic heterocycles. The molecule has 8 nitrogen and oxygen atoms in total. The number of rotatable bonds is 7. The number of nitrogens with zero attached hydrogens (tertiary/aromatic N) is 2. The van der Waals surface area contributed by atoms with E-state index in [9.17, 15) is 9.59 Å². The monoisotopic (exact) mass is 445 g/mol. The molecule has 3 N–H and O–H groups in total. The normalized spacial score (nSPS) is 18.6. The van der Waals surface area contributed by atoms with E-state index in [0.717, 1.165) is 17.7 Å². The van der Waals surface area contributed by atoms with Gasteiger partial charge in [-0.05, 0) is 42.5 Å². The van der Waals surface area contributed by atoms with E-state index < -0.39 is 0 Å². The van der Waals surface area contributed by atoms with Crippen LogP contribution >= 0.6 is 23.1 Å². The molecule has 0 bridgehead atoms. The molecule has 4 rings (SSSR count). The van der Waals surface area contributed by atoms with E-state index in [0.29, 0.717) is 28.0 Å². The van der Waals surface area contributed by atoms with Crippen LogP contribution < -0.4 is 26.5 Å². The molecule has 0 saturated carbocycles. The van der Waals surface area contributed by atoms with Crippen LogP contribution in [-0.4, -0.2) is 40.5 Å². The van der Waals surface area contributed by atoms with Gasteiger partial charge < -0.3 is 10.1 Å². The molecule has 1 aliphatic rings. The highest BCUT2D eigenvalue weighted by Crippen LogP contribution is 2.22. The number of aromatic nitrogens is 2. The Morgan fingerprint density at radius 3 is 2.83 bits per heavy atom. The number of hydrogen-bond acceptors (Lipinski definition) is 8. The number of ether oxygens (including phenoxy) is 1. The molecule has 2 atom stereocenters. The Morgan fingerprint density at radius 1 is 1.33 bits per heavy atom. The maximum atomic E-state index is 13.1. The molecule has 2 unspecified atom stereocenters. The second kappa shape index (κ2) is 9.17. The van der Waals surface area contributed by atoms with Crippen molar-refractivity contribution in [3.63, 3.8) is 0 Å². The van der Waals surface area contributed by atoms with E-state index in [-0.39, 0.29) is 23.4 Å². The second-order valence-corrected chi connectivity index (χ2v) is 8.96. The van der Waals surface area contributed by atoms with Gasteiger partial charge in [0.2, 0.25) is 5.91 Å². The lowest BCUT2D eigenvalue weighted by molar-refractivity contribution is -0.119. The molecule has 10 heteroatoms. The van der Waals surface area contributed by atoms with Crippen LogP contribution in [0.25, 0.3) is 10.2 Å². The molecule has 30 heavy (non-hydrogen) atoms. The number of thioether (sulfide) groups is 1. The third-order valence-corrected chi connectivity index (χ3v) is 6.66. The molecule has 3 aromatic rings. The van der Waals surface area contributed by atoms with Gasteiger partial charge in [0.1, 0.15) is 10.4 Å². The van der Waals surface area contributed by atoms with Crippen molar-refractivity contribution in [2.24, 2.45) is 0 Å². The van der Waals surface area contributed by atoms with Crippen molar-refractivity contribution in [1.29, 1.82) is 0 Å². The maximum Gasteiger partial charge on any atom is 0.272 e. The van der Waals surface area contributed by atoms with Crippen molar-refractivity contribution in [1.82, 2.24) is 25.7 Å². The predicted octanol–water partition coefficient (Wildman–Crippen LogP) is 1.94. The number of hydrogen-bond donors (Lipinski definition) is 3. The number of fused-ring (bicyclic) bond motifs is 1. The fourth-order valence-corrected chi connectivity index (χ4v) is 4.85. The number of benzene rings is 1. The van der Waals surface area contributed by atoms with Crippen LogP contribution in [0.4, 0.5) is 0 Å². The van der Waals surface area contributed by atoms with Crippen LogP contribution in [-0.2, 0) is 11.3 Å². The minimum Gasteiger partial charge on any atom is -0.497 e. The van der Waals surface area contributed by atoms with Gasteiger partial charge in [0.05, 0.1) is 31.1 Å². The Morgan fingerprint density at radius 2 is 2.13 bits per heavy atom. The van der Waals surface area contributed by atoms with Gasteiger partial charge in [-0.1, -0.05) is 23.9 Å². The molecule has 0 radical (unpaired) electrons.